The molecular weight excluding hydrogens is 1170 g/mol. The zero-order valence-electron chi connectivity index (χ0n) is 53.7. The van der Waals surface area contributed by atoms with Gasteiger partial charge in [0.25, 0.3) is 0 Å². The SMILES string of the molecule is COC(=O)c1cc2c(s1)c(C1CCCCC1)c1n2CCOc2c-1cccc2N(CC(=O)N1CCCCC1)CC(=O)N1CCCCC1.COC(=O)c1cc2c(s1)c(C1CCCCC1)c1n2CCOc2c-1cccc2N(CCN1CCCCC1)CCN1CCCCC1. The van der Waals surface area contributed by atoms with E-state index >= 15 is 0 Å². The van der Waals surface area contributed by atoms with Crippen LogP contribution in [0.2, 0.25) is 0 Å². The molecule has 18 heteroatoms. The minimum atomic E-state index is -0.301. The second kappa shape index (κ2) is 29.3. The standard InChI is InChI=1S/C36H46N4O5S.C36H50N4O3S/c1-44-36(43)29-22-28-35(46-29)32(25-12-5-2-6-13-25)33-26-14-11-15-27(34(26)45-21-20-40(28)33)39(23-30(41)37-16-7-3-8-17-37)24-31(42)38-18-9-4-10-19-38;1-42-36(41)31-26-30-35(44-31)32(27-12-5-2-6-13-27)33-28-14-11-15-29(34(28)43-25-24-40(30)33)39(22-20-37-16-7-3-8-17-37)23-21-38-18-9-4-10-19-38/h11,14-15,22,25H,2-10,12-13,16-21,23-24H2,1H3;11,14-15,26-27H,2-10,12-13,16-25H2,1H3. The fraction of sp³-hybridized carbons (Fsp3) is 0.611. The highest BCUT2D eigenvalue weighted by atomic mass is 32.1. The van der Waals surface area contributed by atoms with Crippen LogP contribution in [-0.2, 0) is 32.2 Å². The highest BCUT2D eigenvalue weighted by Crippen LogP contribution is 2.53. The van der Waals surface area contributed by atoms with E-state index in [0.717, 1.165) is 149 Å². The lowest BCUT2D eigenvalue weighted by Gasteiger charge is -2.34. The second-order valence-corrected chi connectivity index (χ2v) is 28.8. The highest BCUT2D eigenvalue weighted by molar-refractivity contribution is 7.21. The van der Waals surface area contributed by atoms with Crippen molar-refractivity contribution in [2.24, 2.45) is 0 Å². The molecule has 4 aromatic heterocycles. The molecule has 16 nitrogen and oxygen atoms in total. The Labute approximate surface area is 540 Å². The number of rotatable bonds is 16. The number of ether oxygens (including phenoxy) is 4. The quantitative estimate of drug-likeness (QED) is 0.0854. The Balaban J connectivity index is 0.000000165. The van der Waals surface area contributed by atoms with Crippen LogP contribution >= 0.6 is 22.7 Å². The van der Waals surface area contributed by atoms with E-state index in [-0.39, 0.29) is 36.8 Å². The largest absolute Gasteiger partial charge is 0.489 e. The Bertz CT molecular complexity index is 3420. The summed E-state index contributed by atoms with van der Waals surface area (Å²) in [7, 11) is 2.92. The Morgan fingerprint density at radius 2 is 0.856 bits per heavy atom. The Kier molecular flexibility index (Phi) is 20.4. The van der Waals surface area contributed by atoms with Crippen molar-refractivity contribution in [1.29, 1.82) is 0 Å². The minimum absolute atomic E-state index is 0.0690. The number of aromatic nitrogens is 2. The van der Waals surface area contributed by atoms with Crippen LogP contribution < -0.4 is 19.3 Å². The van der Waals surface area contributed by atoms with Crippen LogP contribution in [0.5, 0.6) is 11.5 Å². The smallest absolute Gasteiger partial charge is 0.348 e. The first kappa shape index (κ1) is 62.7. The summed E-state index contributed by atoms with van der Waals surface area (Å²) in [5.41, 5.74) is 11.7. The molecule has 2 amide bonds. The van der Waals surface area contributed by atoms with Gasteiger partial charge in [-0.15, -0.1) is 22.7 Å². The lowest BCUT2D eigenvalue weighted by atomic mass is 9.83. The number of carbonyl (C=O) groups is 4. The summed E-state index contributed by atoms with van der Waals surface area (Å²) in [6.45, 7) is 15.1. The molecule has 2 saturated carbocycles. The first-order valence-corrected chi connectivity index (χ1v) is 36.4. The number of thiophene rings is 2. The van der Waals surface area contributed by atoms with E-state index in [2.05, 4.69) is 54.2 Å². The van der Waals surface area contributed by atoms with Gasteiger partial charge in [-0.05, 0) is 175 Å². The Hall–Kier alpha value is -6.08. The van der Waals surface area contributed by atoms with Crippen molar-refractivity contribution in [3.63, 3.8) is 0 Å². The molecule has 0 spiro atoms. The lowest BCUT2D eigenvalue weighted by Crippen LogP contribution is -2.47. The Morgan fingerprint density at radius 3 is 1.26 bits per heavy atom. The van der Waals surface area contributed by atoms with Gasteiger partial charge in [0.15, 0.2) is 11.5 Å². The van der Waals surface area contributed by atoms with Gasteiger partial charge in [-0.3, -0.25) is 9.59 Å². The van der Waals surface area contributed by atoms with Crippen LogP contribution in [-0.4, -0.2) is 172 Å². The summed E-state index contributed by atoms with van der Waals surface area (Å²) < 4.78 is 30.9. The summed E-state index contributed by atoms with van der Waals surface area (Å²) in [5.74, 6) is 2.30. The number of hydrogen-bond acceptors (Lipinski definition) is 14. The van der Waals surface area contributed by atoms with Crippen molar-refractivity contribution < 1.29 is 38.1 Å². The third-order valence-corrected chi connectivity index (χ3v) is 23.3. The number of para-hydroxylation sites is 2. The predicted molar refractivity (Wildman–Crippen MR) is 362 cm³/mol. The molecule has 14 rings (SSSR count). The average Bonchev–Trinajstić information content (AvgIpc) is 1.59. The van der Waals surface area contributed by atoms with Gasteiger partial charge in [-0.2, -0.15) is 0 Å². The molecule has 6 fully saturated rings. The first-order chi connectivity index (χ1) is 44.2. The highest BCUT2D eigenvalue weighted by Gasteiger charge is 2.36. The summed E-state index contributed by atoms with van der Waals surface area (Å²) in [4.78, 5) is 67.8. The molecule has 10 heterocycles. The number of carbonyl (C=O) groups excluding carboxylic acids is 4. The fourth-order valence-corrected chi connectivity index (χ4v) is 18.7. The second-order valence-electron chi connectivity index (χ2n) is 26.7. The number of esters is 2. The molecule has 4 saturated heterocycles. The van der Waals surface area contributed by atoms with E-state index in [1.165, 1.54) is 180 Å². The monoisotopic (exact) mass is 1260 g/mol. The molecule has 8 aliphatic rings. The fourth-order valence-electron chi connectivity index (χ4n) is 16.3. The van der Waals surface area contributed by atoms with Gasteiger partial charge in [0.2, 0.25) is 11.8 Å². The van der Waals surface area contributed by atoms with Crippen LogP contribution in [0, 0.1) is 0 Å². The van der Waals surface area contributed by atoms with E-state index in [9.17, 15) is 19.2 Å². The van der Waals surface area contributed by atoms with E-state index in [4.69, 9.17) is 18.9 Å². The maximum atomic E-state index is 13.7. The summed E-state index contributed by atoms with van der Waals surface area (Å²) in [5, 5.41) is 0. The number of anilines is 2. The third-order valence-electron chi connectivity index (χ3n) is 21.0. The number of piperidine rings is 4. The van der Waals surface area contributed by atoms with Crippen molar-refractivity contribution in [3.05, 3.63) is 69.4 Å². The third kappa shape index (κ3) is 13.4. The van der Waals surface area contributed by atoms with Gasteiger partial charge in [-0.25, -0.2) is 9.59 Å². The molecule has 0 bridgehead atoms. The Morgan fingerprint density at radius 1 is 0.478 bits per heavy atom. The molecule has 484 valence electrons. The van der Waals surface area contributed by atoms with E-state index in [1.807, 2.05) is 32.9 Å². The van der Waals surface area contributed by atoms with Gasteiger partial charge in [-0.1, -0.05) is 63.5 Å². The van der Waals surface area contributed by atoms with Gasteiger partial charge in [0.1, 0.15) is 23.0 Å². The van der Waals surface area contributed by atoms with E-state index in [1.54, 1.807) is 11.3 Å². The summed E-state index contributed by atoms with van der Waals surface area (Å²) >= 11 is 3.16. The molecule has 0 N–H and O–H groups in total. The summed E-state index contributed by atoms with van der Waals surface area (Å²) in [6, 6.07) is 17.1. The van der Waals surface area contributed by atoms with Crippen molar-refractivity contribution in [1.82, 2.24) is 28.7 Å². The van der Waals surface area contributed by atoms with Crippen LogP contribution in [0.1, 0.15) is 184 Å². The molecule has 0 unspecified atom stereocenters. The average molecular weight is 1270 g/mol. The lowest BCUT2D eigenvalue weighted by molar-refractivity contribution is -0.131. The van der Waals surface area contributed by atoms with Gasteiger partial charge < -0.3 is 57.5 Å². The minimum Gasteiger partial charge on any atom is -0.489 e. The molecule has 6 aromatic rings. The van der Waals surface area contributed by atoms with Crippen molar-refractivity contribution in [2.75, 3.05) is 129 Å². The molecule has 2 aliphatic carbocycles. The summed E-state index contributed by atoms with van der Waals surface area (Å²) in [6.07, 6.45) is 26.6. The first-order valence-electron chi connectivity index (χ1n) is 34.8. The molecule has 90 heavy (non-hydrogen) atoms. The van der Waals surface area contributed by atoms with Crippen LogP contribution in [0.15, 0.2) is 48.5 Å². The van der Waals surface area contributed by atoms with Crippen LogP contribution in [0.3, 0.4) is 0 Å². The maximum Gasteiger partial charge on any atom is 0.348 e. The number of amides is 2. The van der Waals surface area contributed by atoms with Crippen LogP contribution in [0.4, 0.5) is 11.4 Å². The number of hydrogen-bond donors (Lipinski definition) is 0. The zero-order chi connectivity index (χ0) is 61.5. The van der Waals surface area contributed by atoms with Crippen molar-refractivity contribution in [2.45, 2.75) is 166 Å². The molecule has 6 aliphatic heterocycles. The van der Waals surface area contributed by atoms with Gasteiger partial charge >= 0.3 is 11.9 Å². The number of nitrogens with zero attached hydrogens (tertiary/aromatic N) is 8. The number of fused-ring (bicyclic) bond motifs is 10. The van der Waals surface area contributed by atoms with Crippen LogP contribution in [0.25, 0.3) is 42.9 Å². The van der Waals surface area contributed by atoms with Crippen molar-refractivity contribution >= 4 is 78.2 Å². The predicted octanol–water partition coefficient (Wildman–Crippen LogP) is 13.8. The molecule has 0 radical (unpaired) electrons. The topological polar surface area (TPSA) is 135 Å². The number of likely N-dealkylation sites (tertiary alicyclic amines) is 4. The molecule has 2 aromatic carbocycles. The van der Waals surface area contributed by atoms with E-state index < -0.39 is 0 Å². The number of methoxy groups -OCH3 is 2. The normalized spacial score (nSPS) is 19.4. The van der Waals surface area contributed by atoms with Gasteiger partial charge in [0.05, 0.1) is 83.6 Å². The van der Waals surface area contributed by atoms with E-state index in [0.29, 0.717) is 41.3 Å². The molecule has 0 atom stereocenters. The zero-order valence-corrected chi connectivity index (χ0v) is 55.4. The number of benzene rings is 2. The van der Waals surface area contributed by atoms with Gasteiger partial charge in [0, 0.05) is 63.5 Å². The molecular formula is C72H96N8O8S2. The maximum absolute atomic E-state index is 13.7. The van der Waals surface area contributed by atoms with Crippen molar-refractivity contribution in [3.8, 4) is 34.0 Å².